The van der Waals surface area contributed by atoms with Crippen molar-refractivity contribution in [3.05, 3.63) is 75.0 Å². The highest BCUT2D eigenvalue weighted by molar-refractivity contribution is 9.10. The van der Waals surface area contributed by atoms with E-state index in [2.05, 4.69) is 31.0 Å². The number of aromatic nitrogens is 3. The molecule has 0 amide bonds. The molecule has 2 heterocycles. The lowest BCUT2D eigenvalue weighted by Crippen LogP contribution is -2.17. The molecule has 4 aromatic rings. The molecule has 7 heteroatoms. The van der Waals surface area contributed by atoms with Crippen LogP contribution in [0.15, 0.2) is 63.2 Å². The molecule has 0 aliphatic carbocycles. The minimum absolute atomic E-state index is 0.296. The van der Waals surface area contributed by atoms with Crippen LogP contribution in [0.2, 0.25) is 0 Å². The molecule has 2 aromatic carbocycles. The number of fused-ring (bicyclic) bond motifs is 3. The van der Waals surface area contributed by atoms with Gasteiger partial charge >= 0.3 is 0 Å². The van der Waals surface area contributed by atoms with Gasteiger partial charge in [-0.3, -0.25) is 4.79 Å². The van der Waals surface area contributed by atoms with Crippen molar-refractivity contribution in [3.63, 3.8) is 0 Å². The first kappa shape index (κ1) is 14.8. The number of hydrogen-bond acceptors (Lipinski definition) is 3. The summed E-state index contributed by atoms with van der Waals surface area (Å²) in [6.07, 6.45) is 2.63. The van der Waals surface area contributed by atoms with Gasteiger partial charge in [0, 0.05) is 20.9 Å². The highest BCUT2D eigenvalue weighted by Gasteiger charge is 2.10. The Hall–Kier alpha value is -2.80. The first-order valence-corrected chi connectivity index (χ1v) is 7.90. The van der Waals surface area contributed by atoms with Gasteiger partial charge in [0.25, 0.3) is 5.56 Å². The molecule has 0 aliphatic rings. The summed E-state index contributed by atoms with van der Waals surface area (Å²) in [7, 11) is 0. The standard InChI is InChI=1S/C17H10BrFN4O/c18-11-5-6-12-14(7-11)22-16-15(12)20-9-23(17(16)24)21-8-10-3-1-2-4-13(10)19/h1-9,22H. The zero-order valence-electron chi connectivity index (χ0n) is 12.2. The minimum atomic E-state index is -0.404. The molecule has 0 unspecified atom stereocenters. The Morgan fingerprint density at radius 2 is 2.08 bits per heavy atom. The first-order valence-electron chi connectivity index (χ1n) is 7.11. The number of nitrogens with one attached hydrogen (secondary N) is 1. The number of benzene rings is 2. The van der Waals surface area contributed by atoms with E-state index in [1.807, 2.05) is 18.2 Å². The van der Waals surface area contributed by atoms with Crippen molar-refractivity contribution in [1.29, 1.82) is 0 Å². The molecule has 4 rings (SSSR count). The second-order valence-corrected chi connectivity index (χ2v) is 6.11. The number of rotatable bonds is 2. The summed E-state index contributed by atoms with van der Waals surface area (Å²) in [6.45, 7) is 0. The van der Waals surface area contributed by atoms with Crippen molar-refractivity contribution in [3.8, 4) is 0 Å². The minimum Gasteiger partial charge on any atom is -0.349 e. The van der Waals surface area contributed by atoms with Gasteiger partial charge in [-0.1, -0.05) is 34.1 Å². The van der Waals surface area contributed by atoms with E-state index in [0.29, 0.717) is 16.6 Å². The largest absolute Gasteiger partial charge is 0.349 e. The summed E-state index contributed by atoms with van der Waals surface area (Å²) in [4.78, 5) is 19.9. The van der Waals surface area contributed by atoms with Gasteiger partial charge in [0.05, 0.1) is 6.21 Å². The molecule has 0 spiro atoms. The van der Waals surface area contributed by atoms with E-state index in [1.165, 1.54) is 18.6 Å². The number of aromatic amines is 1. The predicted octanol–water partition coefficient (Wildman–Crippen LogP) is 3.66. The van der Waals surface area contributed by atoms with Crippen molar-refractivity contribution in [1.82, 2.24) is 14.6 Å². The van der Waals surface area contributed by atoms with Gasteiger partial charge in [-0.05, 0) is 24.3 Å². The fourth-order valence-electron chi connectivity index (χ4n) is 2.51. The van der Waals surface area contributed by atoms with Gasteiger partial charge in [0.2, 0.25) is 0 Å². The maximum Gasteiger partial charge on any atom is 0.298 e. The van der Waals surface area contributed by atoms with E-state index >= 15 is 0 Å². The third-order valence-electron chi connectivity index (χ3n) is 3.68. The maximum atomic E-state index is 13.6. The lowest BCUT2D eigenvalue weighted by atomic mass is 10.2. The van der Waals surface area contributed by atoms with Crippen LogP contribution in [-0.2, 0) is 0 Å². The Morgan fingerprint density at radius 3 is 2.92 bits per heavy atom. The van der Waals surface area contributed by atoms with Crippen LogP contribution < -0.4 is 5.56 Å². The Morgan fingerprint density at radius 1 is 1.25 bits per heavy atom. The summed E-state index contributed by atoms with van der Waals surface area (Å²) in [6, 6.07) is 11.9. The van der Waals surface area contributed by atoms with Crippen LogP contribution in [0.4, 0.5) is 4.39 Å². The summed E-state index contributed by atoms with van der Waals surface area (Å²) in [5.41, 5.74) is 1.70. The lowest BCUT2D eigenvalue weighted by molar-refractivity contribution is 0.625. The Labute approximate surface area is 143 Å². The van der Waals surface area contributed by atoms with E-state index in [1.54, 1.807) is 18.2 Å². The molecular formula is C17H10BrFN4O. The smallest absolute Gasteiger partial charge is 0.298 e. The second kappa shape index (κ2) is 5.68. The topological polar surface area (TPSA) is 63.0 Å². The fraction of sp³-hybridized carbons (Fsp3) is 0. The molecule has 0 aliphatic heterocycles. The highest BCUT2D eigenvalue weighted by Crippen LogP contribution is 2.24. The molecule has 0 bridgehead atoms. The monoisotopic (exact) mass is 384 g/mol. The number of halogens is 2. The average molecular weight is 385 g/mol. The maximum absolute atomic E-state index is 13.6. The van der Waals surface area contributed by atoms with Gasteiger partial charge in [-0.15, -0.1) is 0 Å². The van der Waals surface area contributed by atoms with Gasteiger partial charge in [-0.2, -0.15) is 9.78 Å². The summed E-state index contributed by atoms with van der Waals surface area (Å²) in [5.74, 6) is -0.404. The fourth-order valence-corrected chi connectivity index (χ4v) is 2.87. The number of H-pyrrole nitrogens is 1. The van der Waals surface area contributed by atoms with Crippen LogP contribution in [-0.4, -0.2) is 20.9 Å². The van der Waals surface area contributed by atoms with Crippen molar-refractivity contribution in [2.24, 2.45) is 5.10 Å². The van der Waals surface area contributed by atoms with E-state index in [-0.39, 0.29) is 5.56 Å². The van der Waals surface area contributed by atoms with E-state index in [4.69, 9.17) is 0 Å². The zero-order valence-corrected chi connectivity index (χ0v) is 13.8. The van der Waals surface area contributed by atoms with Crippen LogP contribution in [0, 0.1) is 5.82 Å². The highest BCUT2D eigenvalue weighted by atomic mass is 79.9. The molecule has 0 saturated carbocycles. The van der Waals surface area contributed by atoms with E-state index in [9.17, 15) is 9.18 Å². The molecule has 5 nitrogen and oxygen atoms in total. The molecule has 1 N–H and O–H groups in total. The van der Waals surface area contributed by atoms with Crippen LogP contribution in [0.25, 0.3) is 21.9 Å². The molecule has 118 valence electrons. The molecule has 2 aromatic heterocycles. The van der Waals surface area contributed by atoms with Gasteiger partial charge in [-0.25, -0.2) is 9.37 Å². The predicted molar refractivity (Wildman–Crippen MR) is 95.0 cm³/mol. The van der Waals surface area contributed by atoms with Crippen LogP contribution in [0.1, 0.15) is 5.56 Å². The zero-order chi connectivity index (χ0) is 16.7. The first-order chi connectivity index (χ1) is 11.6. The normalized spacial score (nSPS) is 11.8. The Bertz CT molecular complexity index is 1160. The SMILES string of the molecule is O=c1c2[nH]c3cc(Br)ccc3c2ncn1N=Cc1ccccc1F. The molecule has 24 heavy (non-hydrogen) atoms. The lowest BCUT2D eigenvalue weighted by Gasteiger charge is -1.98. The van der Waals surface area contributed by atoms with E-state index in [0.717, 1.165) is 20.1 Å². The Balaban J connectivity index is 1.86. The van der Waals surface area contributed by atoms with Crippen molar-refractivity contribution >= 4 is 44.1 Å². The third kappa shape index (κ3) is 2.43. The van der Waals surface area contributed by atoms with Crippen LogP contribution >= 0.6 is 15.9 Å². The second-order valence-electron chi connectivity index (χ2n) is 5.20. The molecule has 0 radical (unpaired) electrons. The van der Waals surface area contributed by atoms with Crippen molar-refractivity contribution < 1.29 is 4.39 Å². The number of nitrogens with zero attached hydrogens (tertiary/aromatic N) is 3. The number of hydrogen-bond donors (Lipinski definition) is 1. The van der Waals surface area contributed by atoms with Crippen LogP contribution in [0.5, 0.6) is 0 Å². The molecular weight excluding hydrogens is 375 g/mol. The van der Waals surface area contributed by atoms with Crippen molar-refractivity contribution in [2.45, 2.75) is 0 Å². The van der Waals surface area contributed by atoms with Gasteiger partial charge in [0.1, 0.15) is 23.2 Å². The van der Waals surface area contributed by atoms with Crippen LogP contribution in [0.3, 0.4) is 0 Å². The van der Waals surface area contributed by atoms with E-state index < -0.39 is 5.82 Å². The summed E-state index contributed by atoms with van der Waals surface area (Å²) < 4.78 is 15.6. The van der Waals surface area contributed by atoms with Gasteiger partial charge in [0.15, 0.2) is 0 Å². The van der Waals surface area contributed by atoms with Crippen molar-refractivity contribution in [2.75, 3.05) is 0 Å². The molecule has 0 fully saturated rings. The summed E-state index contributed by atoms with van der Waals surface area (Å²) >= 11 is 3.40. The van der Waals surface area contributed by atoms with Gasteiger partial charge < -0.3 is 4.98 Å². The summed E-state index contributed by atoms with van der Waals surface area (Å²) in [5, 5.41) is 4.88. The molecule has 0 saturated heterocycles. The third-order valence-corrected chi connectivity index (χ3v) is 4.17. The average Bonchev–Trinajstić information content (AvgIpc) is 2.94. The Kier molecular flexibility index (Phi) is 3.50. The quantitative estimate of drug-likeness (QED) is 0.536. The molecule has 0 atom stereocenters.